The van der Waals surface area contributed by atoms with Gasteiger partial charge in [-0.2, -0.15) is 0 Å². The maximum atomic E-state index is 9.83. The summed E-state index contributed by atoms with van der Waals surface area (Å²) in [4.78, 5) is 0. The third-order valence-electron chi connectivity index (χ3n) is 4.13. The molecule has 0 bridgehead atoms. The lowest BCUT2D eigenvalue weighted by Gasteiger charge is -2.20. The monoisotopic (exact) mass is 263 g/mol. The van der Waals surface area contributed by atoms with Gasteiger partial charge in [-0.05, 0) is 55.3 Å². The summed E-state index contributed by atoms with van der Waals surface area (Å²) in [6, 6.07) is 6.17. The van der Waals surface area contributed by atoms with Gasteiger partial charge >= 0.3 is 0 Å². The molecule has 3 N–H and O–H groups in total. The molecule has 0 heterocycles. The van der Waals surface area contributed by atoms with Crippen molar-refractivity contribution in [2.24, 2.45) is 5.92 Å². The molecule has 0 spiro atoms. The minimum Gasteiger partial charge on any atom is -0.508 e. The van der Waals surface area contributed by atoms with Crippen LogP contribution in [0.1, 0.15) is 49.8 Å². The van der Waals surface area contributed by atoms with E-state index in [0.717, 1.165) is 44.2 Å². The zero-order chi connectivity index (χ0) is 13.7. The van der Waals surface area contributed by atoms with Crippen molar-refractivity contribution in [3.63, 3.8) is 0 Å². The van der Waals surface area contributed by atoms with Crippen molar-refractivity contribution in [2.75, 3.05) is 13.2 Å². The van der Waals surface area contributed by atoms with Crippen molar-refractivity contribution in [3.05, 3.63) is 29.3 Å². The molecule has 0 radical (unpaired) electrons. The average molecular weight is 263 g/mol. The van der Waals surface area contributed by atoms with Gasteiger partial charge in [0.15, 0.2) is 0 Å². The molecule has 0 fully saturated rings. The Kier molecular flexibility index (Phi) is 5.23. The van der Waals surface area contributed by atoms with Crippen LogP contribution in [0.3, 0.4) is 0 Å². The minimum atomic E-state index is 0.272. The van der Waals surface area contributed by atoms with Crippen LogP contribution in [0.25, 0.3) is 0 Å². The van der Waals surface area contributed by atoms with E-state index < -0.39 is 0 Å². The van der Waals surface area contributed by atoms with E-state index in [0.29, 0.717) is 17.7 Å². The number of nitrogens with one attached hydrogen (secondary N) is 1. The fourth-order valence-corrected chi connectivity index (χ4v) is 3.10. The summed E-state index contributed by atoms with van der Waals surface area (Å²) in [6.45, 7) is 3.41. The molecule has 3 nitrogen and oxygen atoms in total. The van der Waals surface area contributed by atoms with Gasteiger partial charge in [0.1, 0.15) is 5.75 Å². The fourth-order valence-electron chi connectivity index (χ4n) is 3.10. The zero-order valence-electron chi connectivity index (χ0n) is 11.7. The van der Waals surface area contributed by atoms with Crippen LogP contribution in [-0.4, -0.2) is 23.4 Å². The lowest BCUT2D eigenvalue weighted by Crippen LogP contribution is -2.26. The van der Waals surface area contributed by atoms with Gasteiger partial charge in [-0.25, -0.2) is 0 Å². The van der Waals surface area contributed by atoms with Gasteiger partial charge in [0.2, 0.25) is 0 Å². The molecule has 106 valence electrons. The van der Waals surface area contributed by atoms with Gasteiger partial charge < -0.3 is 15.5 Å². The average Bonchev–Trinajstić information content (AvgIpc) is 2.81. The second-order valence-corrected chi connectivity index (χ2v) is 5.51. The Balaban J connectivity index is 1.93. The van der Waals surface area contributed by atoms with Crippen molar-refractivity contribution < 1.29 is 10.2 Å². The Bertz CT molecular complexity index is 400. The van der Waals surface area contributed by atoms with Gasteiger partial charge in [-0.1, -0.05) is 25.5 Å². The number of aliphatic hydroxyl groups is 1. The van der Waals surface area contributed by atoms with E-state index in [4.69, 9.17) is 5.11 Å². The Hall–Kier alpha value is -1.06. The third-order valence-corrected chi connectivity index (χ3v) is 4.13. The maximum absolute atomic E-state index is 9.83. The van der Waals surface area contributed by atoms with Crippen LogP contribution < -0.4 is 5.32 Å². The molecule has 3 heteroatoms. The van der Waals surface area contributed by atoms with Crippen LogP contribution in [0, 0.1) is 5.92 Å². The second-order valence-electron chi connectivity index (χ2n) is 5.51. The third kappa shape index (κ3) is 3.48. The van der Waals surface area contributed by atoms with Crippen LogP contribution in [0.15, 0.2) is 18.2 Å². The number of phenols is 1. The van der Waals surface area contributed by atoms with E-state index in [9.17, 15) is 5.11 Å². The Morgan fingerprint density at radius 1 is 1.37 bits per heavy atom. The summed E-state index contributed by atoms with van der Waals surface area (Å²) in [5, 5.41) is 22.5. The van der Waals surface area contributed by atoms with Crippen LogP contribution in [0.4, 0.5) is 0 Å². The molecule has 0 saturated carbocycles. The highest BCUT2D eigenvalue weighted by atomic mass is 16.3. The first kappa shape index (κ1) is 14.4. The molecule has 0 saturated heterocycles. The molecule has 1 aromatic carbocycles. The van der Waals surface area contributed by atoms with E-state index in [2.05, 4.69) is 18.3 Å². The fraction of sp³-hybridized carbons (Fsp3) is 0.625. The summed E-state index contributed by atoms with van der Waals surface area (Å²) < 4.78 is 0. The first-order valence-corrected chi connectivity index (χ1v) is 7.41. The van der Waals surface area contributed by atoms with E-state index in [-0.39, 0.29) is 6.61 Å². The topological polar surface area (TPSA) is 52.5 Å². The molecule has 0 aliphatic heterocycles. The zero-order valence-corrected chi connectivity index (χ0v) is 11.7. The van der Waals surface area contributed by atoms with E-state index in [1.807, 2.05) is 6.07 Å². The van der Waals surface area contributed by atoms with E-state index in [1.54, 1.807) is 6.07 Å². The summed E-state index contributed by atoms with van der Waals surface area (Å²) in [5.74, 6) is 0.985. The number of phenolic OH excluding ortho intramolecular Hbond substituents is 1. The predicted octanol–water partition coefficient (Wildman–Crippen LogP) is 2.77. The molecule has 0 aromatic heterocycles. The number of hydrogen-bond acceptors (Lipinski definition) is 3. The molecule has 2 atom stereocenters. The number of fused-ring (bicyclic) bond motifs is 1. The second kappa shape index (κ2) is 6.92. The summed E-state index contributed by atoms with van der Waals surface area (Å²) in [5.41, 5.74) is 2.36. The smallest absolute Gasteiger partial charge is 0.119 e. The van der Waals surface area contributed by atoms with Crippen molar-refractivity contribution in [1.82, 2.24) is 5.32 Å². The molecular weight excluding hydrogens is 238 g/mol. The molecule has 0 amide bonds. The Morgan fingerprint density at radius 2 is 2.21 bits per heavy atom. The number of rotatable bonds is 7. The largest absolute Gasteiger partial charge is 0.508 e. The van der Waals surface area contributed by atoms with Crippen molar-refractivity contribution in [3.8, 4) is 5.75 Å². The number of benzene rings is 1. The molecule has 1 aliphatic rings. The summed E-state index contributed by atoms with van der Waals surface area (Å²) in [7, 11) is 0. The Morgan fingerprint density at radius 3 is 2.95 bits per heavy atom. The summed E-state index contributed by atoms with van der Waals surface area (Å²) in [6.07, 6.45) is 5.21. The molecule has 2 rings (SSSR count). The molecule has 1 aromatic rings. The minimum absolute atomic E-state index is 0.272. The number of aromatic hydroxyl groups is 1. The molecular formula is C16H25NO2. The van der Waals surface area contributed by atoms with Crippen molar-refractivity contribution >= 4 is 0 Å². The lowest BCUT2D eigenvalue weighted by atomic mass is 9.99. The van der Waals surface area contributed by atoms with Gasteiger partial charge in [-0.15, -0.1) is 0 Å². The highest BCUT2D eigenvalue weighted by Crippen LogP contribution is 2.36. The van der Waals surface area contributed by atoms with Crippen LogP contribution in [-0.2, 0) is 6.42 Å². The molecule has 1 aliphatic carbocycles. The molecule has 19 heavy (non-hydrogen) atoms. The normalized spacial score (nSPS) is 19.4. The first-order valence-electron chi connectivity index (χ1n) is 7.41. The maximum Gasteiger partial charge on any atom is 0.119 e. The first-order chi connectivity index (χ1) is 9.26. The van der Waals surface area contributed by atoms with E-state index >= 15 is 0 Å². The van der Waals surface area contributed by atoms with Crippen LogP contribution in [0.2, 0.25) is 0 Å². The van der Waals surface area contributed by atoms with Crippen molar-refractivity contribution in [1.29, 1.82) is 0 Å². The lowest BCUT2D eigenvalue weighted by molar-refractivity contribution is 0.245. The van der Waals surface area contributed by atoms with Crippen molar-refractivity contribution in [2.45, 2.75) is 45.1 Å². The quantitative estimate of drug-likeness (QED) is 0.709. The predicted molar refractivity (Wildman–Crippen MR) is 77.3 cm³/mol. The molecule has 2 unspecified atom stereocenters. The van der Waals surface area contributed by atoms with E-state index in [1.165, 1.54) is 5.56 Å². The Labute approximate surface area is 115 Å². The number of hydrogen-bond donors (Lipinski definition) is 3. The highest BCUT2D eigenvalue weighted by Gasteiger charge is 2.24. The highest BCUT2D eigenvalue weighted by molar-refractivity contribution is 5.44. The standard InChI is InChI=1S/C16H25NO2/c1-2-4-12(9-10-18)11-17-15-8-7-14-13(15)5-3-6-16(14)19/h3,5-6,12,15,17-19H,2,4,7-11H2,1H3. The van der Waals surface area contributed by atoms with Crippen LogP contribution in [0.5, 0.6) is 5.75 Å². The van der Waals surface area contributed by atoms with Gasteiger partial charge in [0.05, 0.1) is 0 Å². The summed E-state index contributed by atoms with van der Waals surface area (Å²) >= 11 is 0. The van der Waals surface area contributed by atoms with Gasteiger partial charge in [0.25, 0.3) is 0 Å². The van der Waals surface area contributed by atoms with Gasteiger partial charge in [0, 0.05) is 12.6 Å². The number of aliphatic hydroxyl groups excluding tert-OH is 1. The van der Waals surface area contributed by atoms with Crippen LogP contribution >= 0.6 is 0 Å². The van der Waals surface area contributed by atoms with Gasteiger partial charge in [-0.3, -0.25) is 0 Å². The SMILES string of the molecule is CCCC(CCO)CNC1CCc2c(O)cccc21.